The third-order valence-corrected chi connectivity index (χ3v) is 3.31. The van der Waals surface area contributed by atoms with Gasteiger partial charge < -0.3 is 10.1 Å². The number of nitrogens with one attached hydrogen (secondary N) is 1. The van der Waals surface area contributed by atoms with Crippen molar-refractivity contribution in [2.24, 2.45) is 0 Å². The summed E-state index contributed by atoms with van der Waals surface area (Å²) in [7, 11) is 2.89. The van der Waals surface area contributed by atoms with Crippen molar-refractivity contribution in [1.29, 1.82) is 0 Å². The van der Waals surface area contributed by atoms with Gasteiger partial charge in [-0.1, -0.05) is 6.07 Å². The Kier molecular flexibility index (Phi) is 3.64. The Morgan fingerprint density at radius 3 is 2.47 bits per heavy atom. The fourth-order valence-corrected chi connectivity index (χ4v) is 2.52. The van der Waals surface area contributed by atoms with Gasteiger partial charge in [0.1, 0.15) is 0 Å². The fraction of sp³-hybridized carbons (Fsp3) is 0.385. The Morgan fingerprint density at radius 1 is 1.21 bits per heavy atom. The highest BCUT2D eigenvalue weighted by Gasteiger charge is 2.48. The van der Waals surface area contributed by atoms with Crippen LogP contribution >= 0.6 is 0 Å². The average molecular weight is 275 g/mol. The lowest BCUT2D eigenvalue weighted by molar-refractivity contribution is 0.135. The molecule has 0 bridgehead atoms. The van der Waals surface area contributed by atoms with Gasteiger partial charge in [0, 0.05) is 13.7 Å². The molecule has 0 saturated carbocycles. The van der Waals surface area contributed by atoms with E-state index >= 15 is 0 Å². The molecule has 6 heteroatoms. The van der Waals surface area contributed by atoms with E-state index in [9.17, 15) is 17.6 Å². The van der Waals surface area contributed by atoms with Crippen LogP contribution in [0, 0.1) is 11.6 Å². The van der Waals surface area contributed by atoms with E-state index in [1.54, 1.807) is 7.05 Å². The molecule has 1 aromatic carbocycles. The molecular weight excluding hydrogens is 262 g/mol. The number of fused-ring (bicyclic) bond motifs is 1. The van der Waals surface area contributed by atoms with E-state index in [2.05, 4.69) is 5.32 Å². The zero-order chi connectivity index (χ0) is 14.2. The summed E-state index contributed by atoms with van der Waals surface area (Å²) in [5.74, 6) is -5.08. The highest BCUT2D eigenvalue weighted by atomic mass is 19.2. The average Bonchev–Trinajstić information content (AvgIpc) is 2.58. The zero-order valence-electron chi connectivity index (χ0n) is 10.5. The molecule has 0 spiro atoms. The molecule has 0 amide bonds. The summed E-state index contributed by atoms with van der Waals surface area (Å²) < 4.78 is 59.9. The number of hydrogen-bond acceptors (Lipinski definition) is 2. The van der Waals surface area contributed by atoms with Crippen LogP contribution in [0.5, 0.6) is 0 Å². The molecule has 1 unspecified atom stereocenters. The first-order chi connectivity index (χ1) is 8.99. The van der Waals surface area contributed by atoms with Crippen LogP contribution < -0.4 is 5.32 Å². The number of likely N-dealkylation sites (N-methyl/N-ethyl adjacent to an activating group) is 1. The molecule has 1 atom stereocenters. The van der Waals surface area contributed by atoms with Gasteiger partial charge in [0.25, 0.3) is 0 Å². The summed E-state index contributed by atoms with van der Waals surface area (Å²) in [6.07, 6.45) is 0. The third kappa shape index (κ3) is 1.86. The van der Waals surface area contributed by atoms with E-state index < -0.39 is 34.3 Å². The Labute approximate surface area is 108 Å². The van der Waals surface area contributed by atoms with E-state index in [0.29, 0.717) is 0 Å². The summed E-state index contributed by atoms with van der Waals surface area (Å²) in [5, 5.41) is 2.72. The van der Waals surface area contributed by atoms with Gasteiger partial charge in [-0.25, -0.2) is 17.6 Å². The maximum Gasteiger partial charge on any atom is 0.169 e. The number of rotatable bonds is 4. The van der Waals surface area contributed by atoms with E-state index in [1.807, 2.05) is 0 Å². The van der Waals surface area contributed by atoms with Crippen molar-refractivity contribution in [1.82, 2.24) is 5.32 Å². The molecular formula is C13H13F4NO. The molecule has 1 N–H and O–H groups in total. The summed E-state index contributed by atoms with van der Waals surface area (Å²) in [6, 6.07) is 2.05. The second-order valence-corrected chi connectivity index (χ2v) is 4.46. The van der Waals surface area contributed by atoms with Gasteiger partial charge in [-0.3, -0.25) is 0 Å². The number of methoxy groups -OCH3 is 1. The van der Waals surface area contributed by atoms with Gasteiger partial charge >= 0.3 is 0 Å². The van der Waals surface area contributed by atoms with Crippen LogP contribution in [0.2, 0.25) is 0 Å². The molecule has 1 aromatic rings. The van der Waals surface area contributed by atoms with E-state index in [-0.39, 0.29) is 18.7 Å². The SMILES string of the molecule is CNCC1(COC)C(F)=C(F)c2c1ccc(F)c2F. The van der Waals surface area contributed by atoms with Crippen molar-refractivity contribution in [2.75, 3.05) is 27.3 Å². The minimum atomic E-state index is -1.46. The van der Waals surface area contributed by atoms with Crippen molar-refractivity contribution < 1.29 is 22.3 Å². The Bertz CT molecular complexity index is 536. The lowest BCUT2D eigenvalue weighted by Crippen LogP contribution is -2.40. The molecule has 1 aliphatic carbocycles. The molecule has 2 nitrogen and oxygen atoms in total. The van der Waals surface area contributed by atoms with E-state index in [0.717, 1.165) is 6.07 Å². The molecule has 0 aliphatic heterocycles. The van der Waals surface area contributed by atoms with Crippen molar-refractivity contribution in [3.8, 4) is 0 Å². The van der Waals surface area contributed by atoms with Crippen LogP contribution in [0.25, 0.3) is 5.83 Å². The second kappa shape index (κ2) is 4.94. The molecule has 2 rings (SSSR count). The predicted octanol–water partition coefficient (Wildman–Crippen LogP) is 2.69. The van der Waals surface area contributed by atoms with Gasteiger partial charge in [0.2, 0.25) is 0 Å². The summed E-state index contributed by atoms with van der Waals surface area (Å²) in [6.45, 7) is -0.163. The lowest BCUT2D eigenvalue weighted by Gasteiger charge is -2.29. The molecule has 19 heavy (non-hydrogen) atoms. The molecule has 0 radical (unpaired) electrons. The Morgan fingerprint density at radius 2 is 1.89 bits per heavy atom. The molecule has 0 fully saturated rings. The van der Waals surface area contributed by atoms with Crippen LogP contribution in [0.4, 0.5) is 17.6 Å². The largest absolute Gasteiger partial charge is 0.383 e. The van der Waals surface area contributed by atoms with Crippen molar-refractivity contribution in [2.45, 2.75) is 5.41 Å². The summed E-state index contributed by atoms with van der Waals surface area (Å²) in [4.78, 5) is 0. The van der Waals surface area contributed by atoms with Crippen LogP contribution in [-0.2, 0) is 10.2 Å². The Hall–Kier alpha value is -1.40. The van der Waals surface area contributed by atoms with Gasteiger partial charge in [-0.2, -0.15) is 0 Å². The maximum absolute atomic E-state index is 14.2. The third-order valence-electron chi connectivity index (χ3n) is 3.31. The smallest absolute Gasteiger partial charge is 0.169 e. The van der Waals surface area contributed by atoms with Crippen LogP contribution in [0.3, 0.4) is 0 Å². The first kappa shape index (κ1) is 14.0. The number of ether oxygens (including phenoxy) is 1. The maximum atomic E-state index is 14.2. The number of benzene rings is 1. The monoisotopic (exact) mass is 275 g/mol. The predicted molar refractivity (Wildman–Crippen MR) is 63.0 cm³/mol. The molecule has 1 aliphatic rings. The summed E-state index contributed by atoms with van der Waals surface area (Å²) in [5.41, 5.74) is -2.06. The number of hydrogen-bond donors (Lipinski definition) is 1. The van der Waals surface area contributed by atoms with Crippen molar-refractivity contribution >= 4 is 5.83 Å². The van der Waals surface area contributed by atoms with Crippen LogP contribution in [-0.4, -0.2) is 27.3 Å². The highest BCUT2D eigenvalue weighted by Crippen LogP contribution is 2.48. The Balaban J connectivity index is 2.71. The molecule has 0 aromatic heterocycles. The van der Waals surface area contributed by atoms with Gasteiger partial charge in [-0.15, -0.1) is 0 Å². The first-order valence-corrected chi connectivity index (χ1v) is 5.67. The fourth-order valence-electron chi connectivity index (χ4n) is 2.52. The number of halogens is 4. The van der Waals surface area contributed by atoms with Gasteiger partial charge in [-0.05, 0) is 18.7 Å². The topological polar surface area (TPSA) is 21.3 Å². The molecule has 0 saturated heterocycles. The van der Waals surface area contributed by atoms with Crippen molar-refractivity contribution in [3.05, 3.63) is 40.7 Å². The zero-order valence-corrected chi connectivity index (χ0v) is 10.5. The minimum Gasteiger partial charge on any atom is -0.383 e. The van der Waals surface area contributed by atoms with Gasteiger partial charge in [0.05, 0.1) is 17.6 Å². The van der Waals surface area contributed by atoms with E-state index in [1.165, 1.54) is 13.2 Å². The highest BCUT2D eigenvalue weighted by molar-refractivity contribution is 5.75. The van der Waals surface area contributed by atoms with Gasteiger partial charge in [0.15, 0.2) is 23.3 Å². The van der Waals surface area contributed by atoms with Crippen LogP contribution in [0.15, 0.2) is 18.0 Å². The minimum absolute atomic E-state index is 0.0121. The van der Waals surface area contributed by atoms with E-state index in [4.69, 9.17) is 4.74 Å². The second-order valence-electron chi connectivity index (χ2n) is 4.46. The lowest BCUT2D eigenvalue weighted by atomic mass is 9.82. The quantitative estimate of drug-likeness (QED) is 0.853. The first-order valence-electron chi connectivity index (χ1n) is 5.67. The standard InChI is InChI=1S/C13H13F4NO/c1-18-5-13(6-19-2)7-3-4-8(14)10(15)9(7)11(16)12(13)17/h3-4,18H,5-6H2,1-2H3. The molecule has 0 heterocycles. The van der Waals surface area contributed by atoms with Crippen molar-refractivity contribution in [3.63, 3.8) is 0 Å². The van der Waals surface area contributed by atoms with Crippen LogP contribution in [0.1, 0.15) is 11.1 Å². The molecule has 104 valence electrons. The normalized spacial score (nSPS) is 22.0. The summed E-state index contributed by atoms with van der Waals surface area (Å²) >= 11 is 0.